The molecule has 0 radical (unpaired) electrons. The second-order valence-corrected chi connectivity index (χ2v) is 6.70. The molecule has 7 nitrogen and oxygen atoms in total. The monoisotopic (exact) mass is 354 g/mol. The number of nitrogens with zero attached hydrogens (tertiary/aromatic N) is 2. The number of hydrogen-bond donors (Lipinski definition) is 2. The molecule has 0 bridgehead atoms. The molecule has 0 spiro atoms. The number of carbonyl (C=O) groups is 1. The first-order valence-electron chi connectivity index (χ1n) is 8.75. The maximum absolute atomic E-state index is 11.4. The molecule has 1 atom stereocenters. The van der Waals surface area contributed by atoms with Gasteiger partial charge in [0.15, 0.2) is 0 Å². The van der Waals surface area contributed by atoms with Gasteiger partial charge < -0.3 is 20.2 Å². The predicted molar refractivity (Wildman–Crippen MR) is 97.0 cm³/mol. The van der Waals surface area contributed by atoms with Gasteiger partial charge in [-0.15, -0.1) is 0 Å². The zero-order valence-electron chi connectivity index (χ0n) is 14.7. The van der Waals surface area contributed by atoms with Crippen molar-refractivity contribution in [2.75, 3.05) is 13.7 Å². The Balaban J connectivity index is 1.34. The van der Waals surface area contributed by atoms with E-state index in [0.29, 0.717) is 18.0 Å². The lowest BCUT2D eigenvalue weighted by Crippen LogP contribution is -2.30. The number of fused-ring (bicyclic) bond motifs is 2. The first kappa shape index (κ1) is 16.7. The lowest BCUT2D eigenvalue weighted by molar-refractivity contribution is 0.0998. The van der Waals surface area contributed by atoms with Crippen LogP contribution in [-0.4, -0.2) is 29.3 Å². The lowest BCUT2D eigenvalue weighted by atomic mass is 9.96. The third-order valence-electron chi connectivity index (χ3n) is 4.94. The standard InChI is InChI=1S/C19H22N4O3/c1-25-14-3-5-18-13(6-14)7-15(26-18)9-21-8-12-2-4-17-16(19(20)24)10-22-23(17)11-12/h3,5-7,10,12,21H,2,4,8-9,11H2,1H3,(H2,20,24)/t12-/m1/s1. The number of nitrogens with two attached hydrogens (primary N) is 1. The molecule has 1 amide bonds. The van der Waals surface area contributed by atoms with Gasteiger partial charge >= 0.3 is 0 Å². The Morgan fingerprint density at radius 3 is 3.15 bits per heavy atom. The zero-order valence-corrected chi connectivity index (χ0v) is 14.7. The summed E-state index contributed by atoms with van der Waals surface area (Å²) in [5.74, 6) is 1.79. The molecule has 2 aromatic heterocycles. The molecule has 0 unspecified atom stereocenters. The third kappa shape index (κ3) is 3.17. The molecule has 0 fully saturated rings. The van der Waals surface area contributed by atoms with Gasteiger partial charge in [-0.2, -0.15) is 5.10 Å². The predicted octanol–water partition coefficient (Wildman–Crippen LogP) is 2.09. The van der Waals surface area contributed by atoms with E-state index in [-0.39, 0.29) is 0 Å². The summed E-state index contributed by atoms with van der Waals surface area (Å²) in [6.07, 6.45) is 3.42. The van der Waals surface area contributed by atoms with Gasteiger partial charge in [0.25, 0.3) is 5.91 Å². The average molecular weight is 354 g/mol. The number of aromatic nitrogens is 2. The summed E-state index contributed by atoms with van der Waals surface area (Å²) < 4.78 is 13.0. The van der Waals surface area contributed by atoms with Gasteiger partial charge in [0.1, 0.15) is 17.1 Å². The number of carbonyl (C=O) groups excluding carboxylic acids is 1. The highest BCUT2D eigenvalue weighted by molar-refractivity contribution is 5.93. The van der Waals surface area contributed by atoms with Crippen molar-refractivity contribution in [3.63, 3.8) is 0 Å². The Bertz CT molecular complexity index is 944. The minimum Gasteiger partial charge on any atom is -0.497 e. The fourth-order valence-corrected chi connectivity index (χ4v) is 3.57. The van der Waals surface area contributed by atoms with E-state index in [1.54, 1.807) is 13.3 Å². The summed E-state index contributed by atoms with van der Waals surface area (Å²) >= 11 is 0. The van der Waals surface area contributed by atoms with Crippen LogP contribution in [0.25, 0.3) is 11.0 Å². The minimum atomic E-state index is -0.399. The number of amides is 1. The third-order valence-corrected chi connectivity index (χ3v) is 4.94. The van der Waals surface area contributed by atoms with Crippen molar-refractivity contribution in [1.82, 2.24) is 15.1 Å². The SMILES string of the molecule is COc1ccc2oc(CNC[C@H]3CCc4c(C(N)=O)cnn4C3)cc2c1. The highest BCUT2D eigenvalue weighted by Gasteiger charge is 2.23. The maximum atomic E-state index is 11.4. The first-order valence-corrected chi connectivity index (χ1v) is 8.75. The van der Waals surface area contributed by atoms with Crippen LogP contribution in [-0.2, 0) is 19.5 Å². The van der Waals surface area contributed by atoms with Crippen LogP contribution in [0.3, 0.4) is 0 Å². The highest BCUT2D eigenvalue weighted by Crippen LogP contribution is 2.25. The summed E-state index contributed by atoms with van der Waals surface area (Å²) in [4.78, 5) is 11.4. The number of rotatable bonds is 6. The van der Waals surface area contributed by atoms with Gasteiger partial charge in [-0.05, 0) is 43.0 Å². The van der Waals surface area contributed by atoms with E-state index in [1.165, 1.54) is 0 Å². The molecule has 0 saturated carbocycles. The lowest BCUT2D eigenvalue weighted by Gasteiger charge is -2.24. The molecule has 4 rings (SSSR count). The Kier molecular flexibility index (Phi) is 4.38. The molecule has 136 valence electrons. The van der Waals surface area contributed by atoms with Crippen LogP contribution in [0.4, 0.5) is 0 Å². The van der Waals surface area contributed by atoms with Crippen molar-refractivity contribution >= 4 is 16.9 Å². The second kappa shape index (κ2) is 6.84. The summed E-state index contributed by atoms with van der Waals surface area (Å²) in [6, 6.07) is 7.83. The number of ether oxygens (including phenoxy) is 1. The van der Waals surface area contributed by atoms with E-state index in [2.05, 4.69) is 10.4 Å². The number of furan rings is 1. The fraction of sp³-hybridized carbons (Fsp3) is 0.368. The highest BCUT2D eigenvalue weighted by atomic mass is 16.5. The Hall–Kier alpha value is -2.80. The van der Waals surface area contributed by atoms with E-state index in [0.717, 1.165) is 54.1 Å². The van der Waals surface area contributed by atoms with Crippen LogP contribution < -0.4 is 15.8 Å². The smallest absolute Gasteiger partial charge is 0.252 e. The van der Waals surface area contributed by atoms with Gasteiger partial charge in [-0.1, -0.05) is 0 Å². The van der Waals surface area contributed by atoms with E-state index in [4.69, 9.17) is 14.9 Å². The molecule has 1 aliphatic heterocycles. The molecular formula is C19H22N4O3. The quantitative estimate of drug-likeness (QED) is 0.707. The molecule has 3 N–H and O–H groups in total. The molecule has 7 heteroatoms. The second-order valence-electron chi connectivity index (χ2n) is 6.70. The van der Waals surface area contributed by atoms with Crippen LogP contribution in [0.1, 0.15) is 28.2 Å². The number of methoxy groups -OCH3 is 1. The normalized spacial score (nSPS) is 16.6. The molecule has 3 heterocycles. The van der Waals surface area contributed by atoms with Crippen molar-refractivity contribution in [2.45, 2.75) is 25.9 Å². The van der Waals surface area contributed by atoms with E-state index in [9.17, 15) is 4.79 Å². The summed E-state index contributed by atoms with van der Waals surface area (Å²) in [5, 5.41) is 8.80. The Morgan fingerprint density at radius 1 is 1.46 bits per heavy atom. The number of benzene rings is 1. The van der Waals surface area contributed by atoms with Gasteiger partial charge in [-0.3, -0.25) is 9.48 Å². The molecule has 0 aliphatic carbocycles. The zero-order chi connectivity index (χ0) is 18.1. The molecule has 26 heavy (non-hydrogen) atoms. The summed E-state index contributed by atoms with van der Waals surface area (Å²) in [6.45, 7) is 2.34. The molecule has 3 aromatic rings. The van der Waals surface area contributed by atoms with Crippen LogP contribution in [0.15, 0.2) is 34.9 Å². The first-order chi connectivity index (χ1) is 12.6. The van der Waals surface area contributed by atoms with Crippen LogP contribution in [0.5, 0.6) is 5.75 Å². The van der Waals surface area contributed by atoms with Gasteiger partial charge in [-0.25, -0.2) is 0 Å². The maximum Gasteiger partial charge on any atom is 0.252 e. The van der Waals surface area contributed by atoms with Gasteiger partial charge in [0.05, 0.1) is 31.1 Å². The average Bonchev–Trinajstić information content (AvgIpc) is 3.24. The number of nitrogens with one attached hydrogen (secondary N) is 1. The van der Waals surface area contributed by atoms with Crippen LogP contribution >= 0.6 is 0 Å². The van der Waals surface area contributed by atoms with Crippen molar-refractivity contribution in [3.8, 4) is 5.75 Å². The number of hydrogen-bond acceptors (Lipinski definition) is 5. The number of primary amides is 1. The van der Waals surface area contributed by atoms with Crippen LogP contribution in [0, 0.1) is 5.92 Å². The molecule has 1 aliphatic rings. The molecular weight excluding hydrogens is 332 g/mol. The van der Waals surface area contributed by atoms with Crippen molar-refractivity contribution in [3.05, 3.63) is 47.5 Å². The van der Waals surface area contributed by atoms with Crippen molar-refractivity contribution in [2.24, 2.45) is 11.7 Å². The Morgan fingerprint density at radius 2 is 2.35 bits per heavy atom. The van der Waals surface area contributed by atoms with Gasteiger partial charge in [0.2, 0.25) is 0 Å². The van der Waals surface area contributed by atoms with Crippen molar-refractivity contribution in [1.29, 1.82) is 0 Å². The van der Waals surface area contributed by atoms with E-state index >= 15 is 0 Å². The van der Waals surface area contributed by atoms with E-state index < -0.39 is 5.91 Å². The fourth-order valence-electron chi connectivity index (χ4n) is 3.57. The minimum absolute atomic E-state index is 0.399. The Labute approximate surface area is 151 Å². The topological polar surface area (TPSA) is 95.3 Å². The molecule has 1 aromatic carbocycles. The van der Waals surface area contributed by atoms with Crippen molar-refractivity contribution < 1.29 is 13.9 Å². The largest absolute Gasteiger partial charge is 0.497 e. The van der Waals surface area contributed by atoms with Crippen LogP contribution in [0.2, 0.25) is 0 Å². The van der Waals surface area contributed by atoms with Gasteiger partial charge in [0, 0.05) is 18.5 Å². The summed E-state index contributed by atoms with van der Waals surface area (Å²) in [7, 11) is 1.66. The summed E-state index contributed by atoms with van der Waals surface area (Å²) in [5.41, 5.74) is 7.76. The molecule has 0 saturated heterocycles. The van der Waals surface area contributed by atoms with E-state index in [1.807, 2.05) is 28.9 Å².